The number of aliphatic imine (C=N–C) groups is 1. The highest BCUT2D eigenvalue weighted by atomic mass is 127. The van der Waals surface area contributed by atoms with Gasteiger partial charge in [0.1, 0.15) is 0 Å². The van der Waals surface area contributed by atoms with Crippen molar-refractivity contribution in [2.75, 3.05) is 62.7 Å². The highest BCUT2D eigenvalue weighted by Gasteiger charge is 2.16. The molecule has 1 fully saturated rings. The molecule has 0 amide bonds. The second-order valence-corrected chi connectivity index (χ2v) is 7.62. The normalized spacial score (nSPS) is 16.9. The summed E-state index contributed by atoms with van der Waals surface area (Å²) in [6.07, 6.45) is 1.89. The molecule has 2 aromatic carbocycles. The van der Waals surface area contributed by atoms with Gasteiger partial charge in [-0.05, 0) is 30.7 Å². The summed E-state index contributed by atoms with van der Waals surface area (Å²) in [4.78, 5) is 9.42. The van der Waals surface area contributed by atoms with Crippen LogP contribution in [0.4, 0.5) is 11.4 Å². The van der Waals surface area contributed by atoms with Crippen molar-refractivity contribution in [1.82, 2.24) is 4.90 Å². The van der Waals surface area contributed by atoms with Crippen molar-refractivity contribution in [3.8, 4) is 11.5 Å². The van der Waals surface area contributed by atoms with Crippen molar-refractivity contribution in [3.05, 3.63) is 48.5 Å². The van der Waals surface area contributed by atoms with E-state index >= 15 is 0 Å². The maximum atomic E-state index is 6.06. The zero-order chi connectivity index (χ0) is 20.6. The predicted molar refractivity (Wildman–Crippen MR) is 137 cm³/mol. The third-order valence-electron chi connectivity index (χ3n) is 5.43. The van der Waals surface area contributed by atoms with Crippen molar-refractivity contribution in [3.63, 3.8) is 0 Å². The summed E-state index contributed by atoms with van der Waals surface area (Å²) in [5.41, 5.74) is 8.24. The quantitative estimate of drug-likeness (QED) is 0.255. The van der Waals surface area contributed by atoms with Crippen molar-refractivity contribution in [1.29, 1.82) is 0 Å². The molecule has 2 aliphatic heterocycles. The zero-order valence-corrected chi connectivity index (χ0v) is 20.2. The van der Waals surface area contributed by atoms with Gasteiger partial charge in [0.2, 0.25) is 0 Å². The largest absolute Gasteiger partial charge is 0.490 e. The van der Waals surface area contributed by atoms with Gasteiger partial charge in [0.25, 0.3) is 0 Å². The first-order valence-electron chi connectivity index (χ1n) is 10.8. The van der Waals surface area contributed by atoms with Gasteiger partial charge in [-0.15, -0.1) is 24.0 Å². The fourth-order valence-corrected chi connectivity index (χ4v) is 3.79. The lowest BCUT2D eigenvalue weighted by Crippen LogP contribution is -2.46. The molecule has 0 bridgehead atoms. The molecule has 4 rings (SSSR count). The van der Waals surface area contributed by atoms with Crippen LogP contribution in [0.15, 0.2) is 53.5 Å². The van der Waals surface area contributed by atoms with Crippen molar-refractivity contribution < 1.29 is 9.47 Å². The molecule has 7 nitrogen and oxygen atoms in total. The number of hydrogen-bond acceptors (Lipinski definition) is 5. The minimum atomic E-state index is 0. The van der Waals surface area contributed by atoms with E-state index in [4.69, 9.17) is 15.2 Å². The lowest BCUT2D eigenvalue weighted by Gasteiger charge is -2.36. The second kappa shape index (κ2) is 12.0. The molecule has 31 heavy (non-hydrogen) atoms. The number of hydrogen-bond donors (Lipinski definition) is 2. The van der Waals surface area contributed by atoms with Gasteiger partial charge in [-0.1, -0.05) is 18.2 Å². The van der Waals surface area contributed by atoms with Crippen LogP contribution in [0.3, 0.4) is 0 Å². The molecule has 1 saturated heterocycles. The number of para-hydroxylation sites is 1. The Morgan fingerprint density at radius 1 is 0.968 bits per heavy atom. The fourth-order valence-electron chi connectivity index (χ4n) is 3.79. The van der Waals surface area contributed by atoms with E-state index in [2.05, 4.69) is 50.4 Å². The molecule has 2 aliphatic rings. The average molecular weight is 537 g/mol. The first kappa shape index (κ1) is 23.5. The van der Waals surface area contributed by atoms with Crippen LogP contribution in [0.5, 0.6) is 11.5 Å². The van der Waals surface area contributed by atoms with Crippen LogP contribution in [0.1, 0.15) is 12.8 Å². The van der Waals surface area contributed by atoms with Gasteiger partial charge in [0.05, 0.1) is 13.2 Å². The Balaban J connectivity index is 0.00000272. The Morgan fingerprint density at radius 3 is 2.48 bits per heavy atom. The highest BCUT2D eigenvalue weighted by molar-refractivity contribution is 14.0. The van der Waals surface area contributed by atoms with Crippen LogP contribution in [0, 0.1) is 0 Å². The van der Waals surface area contributed by atoms with Crippen molar-refractivity contribution in [2.45, 2.75) is 12.8 Å². The summed E-state index contributed by atoms with van der Waals surface area (Å²) in [7, 11) is 0. The van der Waals surface area contributed by atoms with Gasteiger partial charge in [0, 0.05) is 63.1 Å². The SMILES string of the molecule is I.NC(=NCCCN1CCN(c2ccccc2)CC1)Nc1ccc2c(c1)OCCCO2. The maximum absolute atomic E-state index is 6.06. The highest BCUT2D eigenvalue weighted by Crippen LogP contribution is 2.32. The molecular weight excluding hydrogens is 505 g/mol. The van der Waals surface area contributed by atoms with Crippen molar-refractivity contribution >= 4 is 41.3 Å². The number of guanidine groups is 1. The van der Waals surface area contributed by atoms with E-state index in [1.165, 1.54) is 5.69 Å². The summed E-state index contributed by atoms with van der Waals surface area (Å²) >= 11 is 0. The van der Waals surface area contributed by atoms with E-state index in [9.17, 15) is 0 Å². The van der Waals surface area contributed by atoms with Crippen LogP contribution in [0.25, 0.3) is 0 Å². The molecule has 0 radical (unpaired) electrons. The molecule has 2 aromatic rings. The van der Waals surface area contributed by atoms with Gasteiger partial charge in [0.15, 0.2) is 17.5 Å². The molecule has 3 N–H and O–H groups in total. The molecule has 0 aliphatic carbocycles. The molecule has 168 valence electrons. The Kier molecular flexibility index (Phi) is 9.08. The summed E-state index contributed by atoms with van der Waals surface area (Å²) in [6, 6.07) is 16.4. The second-order valence-electron chi connectivity index (χ2n) is 7.62. The molecule has 2 heterocycles. The first-order valence-corrected chi connectivity index (χ1v) is 10.8. The summed E-state index contributed by atoms with van der Waals surface area (Å²) < 4.78 is 11.4. The Hall–Kier alpha value is -2.20. The van der Waals surface area contributed by atoms with Gasteiger partial charge in [-0.2, -0.15) is 0 Å². The number of benzene rings is 2. The van der Waals surface area contributed by atoms with Crippen LogP contribution in [0.2, 0.25) is 0 Å². The predicted octanol–water partition coefficient (Wildman–Crippen LogP) is 3.40. The Labute approximate surface area is 201 Å². The zero-order valence-electron chi connectivity index (χ0n) is 17.8. The lowest BCUT2D eigenvalue weighted by molar-refractivity contribution is 0.256. The molecule has 0 atom stereocenters. The maximum Gasteiger partial charge on any atom is 0.193 e. The Bertz CT molecular complexity index is 841. The number of ether oxygens (including phenoxy) is 2. The van der Waals surface area contributed by atoms with Crippen LogP contribution in [-0.4, -0.2) is 63.3 Å². The number of rotatable bonds is 6. The Morgan fingerprint density at radius 2 is 1.71 bits per heavy atom. The standard InChI is InChI=1S/C23H31N5O2.HI/c24-23(26-19-8-9-21-22(18-19)30-17-5-16-29-21)25-10-4-11-27-12-14-28(15-13-27)20-6-2-1-3-7-20;/h1-3,6-9,18H,4-5,10-17H2,(H3,24,25,26);1H. The van der Waals surface area contributed by atoms with Crippen LogP contribution >= 0.6 is 24.0 Å². The smallest absolute Gasteiger partial charge is 0.193 e. The summed E-state index contributed by atoms with van der Waals surface area (Å²) in [6.45, 7) is 7.42. The molecule has 0 saturated carbocycles. The number of piperazine rings is 1. The lowest BCUT2D eigenvalue weighted by atomic mass is 10.2. The molecular formula is C23H32IN5O2. The summed E-state index contributed by atoms with van der Waals surface area (Å²) in [5.74, 6) is 1.96. The fraction of sp³-hybridized carbons (Fsp3) is 0.435. The van der Waals surface area contributed by atoms with Crippen molar-refractivity contribution in [2.24, 2.45) is 10.7 Å². The molecule has 0 aromatic heterocycles. The van der Waals surface area contributed by atoms with E-state index in [0.29, 0.717) is 25.7 Å². The van der Waals surface area contributed by atoms with Gasteiger partial charge in [-0.25, -0.2) is 0 Å². The topological polar surface area (TPSA) is 75.4 Å². The van der Waals surface area contributed by atoms with Gasteiger partial charge >= 0.3 is 0 Å². The molecule has 0 spiro atoms. The number of fused-ring (bicyclic) bond motifs is 1. The number of nitrogens with one attached hydrogen (secondary N) is 1. The third kappa shape index (κ3) is 6.90. The molecule has 8 heteroatoms. The van der Waals surface area contributed by atoms with E-state index < -0.39 is 0 Å². The van der Waals surface area contributed by atoms with E-state index in [1.54, 1.807) is 0 Å². The van der Waals surface area contributed by atoms with Crippen LogP contribution in [-0.2, 0) is 0 Å². The average Bonchev–Trinajstić information content (AvgIpc) is 3.03. The van der Waals surface area contributed by atoms with Crippen LogP contribution < -0.4 is 25.4 Å². The minimum absolute atomic E-state index is 0. The monoisotopic (exact) mass is 537 g/mol. The van der Waals surface area contributed by atoms with Gasteiger partial charge < -0.3 is 25.4 Å². The molecule has 0 unspecified atom stereocenters. The summed E-state index contributed by atoms with van der Waals surface area (Å²) in [5, 5.41) is 3.15. The van der Waals surface area contributed by atoms with E-state index in [0.717, 1.165) is 62.8 Å². The number of halogens is 1. The minimum Gasteiger partial charge on any atom is -0.490 e. The number of nitrogens with zero attached hydrogens (tertiary/aromatic N) is 3. The van der Waals surface area contributed by atoms with Gasteiger partial charge in [-0.3, -0.25) is 9.89 Å². The number of anilines is 2. The van der Waals surface area contributed by atoms with E-state index in [1.807, 2.05) is 18.2 Å². The third-order valence-corrected chi connectivity index (χ3v) is 5.43. The van der Waals surface area contributed by atoms with E-state index in [-0.39, 0.29) is 24.0 Å². The number of nitrogens with two attached hydrogens (primary N) is 1. The first-order chi connectivity index (χ1) is 14.8.